The Kier molecular flexibility index (Phi) is 5.08. The van der Waals surface area contributed by atoms with Gasteiger partial charge in [0.25, 0.3) is 0 Å². The number of benzene rings is 1. The summed E-state index contributed by atoms with van der Waals surface area (Å²) in [5.41, 5.74) is 8.44. The lowest BCUT2D eigenvalue weighted by molar-refractivity contribution is 0.252. The number of pyridine rings is 1. The Balaban J connectivity index is 1.77. The summed E-state index contributed by atoms with van der Waals surface area (Å²) in [6, 6.07) is 11.1. The lowest BCUT2D eigenvalue weighted by Crippen LogP contribution is -2.30. The number of carbonyl (C=O) groups is 1. The summed E-state index contributed by atoms with van der Waals surface area (Å²) in [5, 5.41) is 5.60. The van der Waals surface area contributed by atoms with Gasteiger partial charge in [-0.2, -0.15) is 0 Å². The van der Waals surface area contributed by atoms with Crippen molar-refractivity contribution in [3.05, 3.63) is 59.9 Å². The van der Waals surface area contributed by atoms with Gasteiger partial charge in [-0.25, -0.2) is 4.79 Å². The van der Waals surface area contributed by atoms with E-state index in [1.54, 1.807) is 12.4 Å². The number of urea groups is 1. The van der Waals surface area contributed by atoms with Crippen LogP contribution >= 0.6 is 0 Å². The molecule has 0 radical (unpaired) electrons. The van der Waals surface area contributed by atoms with Crippen LogP contribution in [0.25, 0.3) is 0 Å². The average Bonchev–Trinajstić information content (AvgIpc) is 2.48. The van der Waals surface area contributed by atoms with Crippen molar-refractivity contribution < 1.29 is 4.79 Å². The fourth-order valence-electron chi connectivity index (χ4n) is 1.82. The summed E-state index contributed by atoms with van der Waals surface area (Å²) in [4.78, 5) is 15.7. The topological polar surface area (TPSA) is 80.0 Å². The summed E-state index contributed by atoms with van der Waals surface area (Å²) in [7, 11) is 0. The Morgan fingerprint density at radius 3 is 2.70 bits per heavy atom. The molecule has 0 fully saturated rings. The van der Waals surface area contributed by atoms with E-state index in [4.69, 9.17) is 5.73 Å². The standard InChI is InChI=1S/C15H18N4O/c16-11-13-2-1-3-14(10-13)19-15(20)18-9-6-12-4-7-17-8-5-12/h1-5,7-8,10H,6,9,11,16H2,(H2,18,19,20). The van der Waals surface area contributed by atoms with Crippen molar-refractivity contribution in [2.24, 2.45) is 5.73 Å². The number of nitrogens with zero attached hydrogens (tertiary/aromatic N) is 1. The normalized spacial score (nSPS) is 10.1. The summed E-state index contributed by atoms with van der Waals surface area (Å²) in [6.45, 7) is 1.03. The smallest absolute Gasteiger partial charge is 0.319 e. The monoisotopic (exact) mass is 270 g/mol. The van der Waals surface area contributed by atoms with Crippen LogP contribution in [-0.2, 0) is 13.0 Å². The van der Waals surface area contributed by atoms with E-state index in [-0.39, 0.29) is 6.03 Å². The minimum atomic E-state index is -0.215. The number of rotatable bonds is 5. The minimum absolute atomic E-state index is 0.215. The van der Waals surface area contributed by atoms with Gasteiger partial charge >= 0.3 is 6.03 Å². The molecule has 1 aromatic heterocycles. The van der Waals surface area contributed by atoms with Crippen LogP contribution in [0.5, 0.6) is 0 Å². The number of aromatic nitrogens is 1. The van der Waals surface area contributed by atoms with Crippen molar-refractivity contribution >= 4 is 11.7 Å². The largest absolute Gasteiger partial charge is 0.338 e. The van der Waals surface area contributed by atoms with Crippen molar-refractivity contribution in [2.75, 3.05) is 11.9 Å². The molecule has 104 valence electrons. The molecule has 0 spiro atoms. The second-order valence-corrected chi connectivity index (χ2v) is 4.39. The molecule has 0 atom stereocenters. The highest BCUT2D eigenvalue weighted by molar-refractivity contribution is 5.89. The maximum absolute atomic E-state index is 11.7. The van der Waals surface area contributed by atoms with Crippen molar-refractivity contribution in [2.45, 2.75) is 13.0 Å². The Bertz CT molecular complexity index is 557. The summed E-state index contributed by atoms with van der Waals surface area (Å²) in [5.74, 6) is 0. The van der Waals surface area contributed by atoms with Crippen LogP contribution in [0.2, 0.25) is 0 Å². The van der Waals surface area contributed by atoms with Crippen molar-refractivity contribution in [3.8, 4) is 0 Å². The number of hydrogen-bond donors (Lipinski definition) is 3. The van der Waals surface area contributed by atoms with Gasteiger partial charge in [-0.1, -0.05) is 12.1 Å². The highest BCUT2D eigenvalue weighted by atomic mass is 16.2. The lowest BCUT2D eigenvalue weighted by Gasteiger charge is -2.08. The summed E-state index contributed by atoms with van der Waals surface area (Å²) in [6.07, 6.45) is 4.26. The van der Waals surface area contributed by atoms with Crippen LogP contribution in [0.1, 0.15) is 11.1 Å². The zero-order valence-electron chi connectivity index (χ0n) is 11.2. The van der Waals surface area contributed by atoms with Crippen molar-refractivity contribution in [1.29, 1.82) is 0 Å². The Morgan fingerprint density at radius 1 is 1.15 bits per heavy atom. The number of carbonyl (C=O) groups excluding carboxylic acids is 1. The SMILES string of the molecule is NCc1cccc(NC(=O)NCCc2ccncc2)c1. The fourth-order valence-corrected chi connectivity index (χ4v) is 1.82. The summed E-state index contributed by atoms with van der Waals surface area (Å²) >= 11 is 0. The van der Waals surface area contributed by atoms with Gasteiger partial charge in [-0.05, 0) is 41.8 Å². The highest BCUT2D eigenvalue weighted by Crippen LogP contribution is 2.09. The van der Waals surface area contributed by atoms with E-state index in [0.717, 1.165) is 23.2 Å². The Morgan fingerprint density at radius 2 is 1.95 bits per heavy atom. The predicted octanol–water partition coefficient (Wildman–Crippen LogP) is 1.90. The van der Waals surface area contributed by atoms with Gasteiger partial charge in [0.2, 0.25) is 0 Å². The van der Waals surface area contributed by atoms with Gasteiger partial charge in [0.1, 0.15) is 0 Å². The first-order valence-electron chi connectivity index (χ1n) is 6.50. The molecule has 20 heavy (non-hydrogen) atoms. The first kappa shape index (κ1) is 14.0. The van der Waals surface area contributed by atoms with Crippen LogP contribution in [0.3, 0.4) is 0 Å². The average molecular weight is 270 g/mol. The number of nitrogens with two attached hydrogens (primary N) is 1. The molecule has 4 N–H and O–H groups in total. The maximum atomic E-state index is 11.7. The molecule has 1 aromatic carbocycles. The Hall–Kier alpha value is -2.40. The first-order chi connectivity index (χ1) is 9.78. The van der Waals surface area contributed by atoms with Gasteiger partial charge < -0.3 is 16.4 Å². The molecule has 0 aliphatic heterocycles. The summed E-state index contributed by atoms with van der Waals surface area (Å²) < 4.78 is 0. The predicted molar refractivity (Wildman–Crippen MR) is 79.3 cm³/mol. The van der Waals surface area contributed by atoms with E-state index in [9.17, 15) is 4.79 Å². The minimum Gasteiger partial charge on any atom is -0.338 e. The molecule has 1 heterocycles. The number of hydrogen-bond acceptors (Lipinski definition) is 3. The number of anilines is 1. The van der Waals surface area contributed by atoms with E-state index >= 15 is 0 Å². The molecule has 2 aromatic rings. The molecule has 0 aliphatic rings. The van der Waals surface area contributed by atoms with E-state index in [2.05, 4.69) is 15.6 Å². The molecule has 0 unspecified atom stereocenters. The van der Waals surface area contributed by atoms with Crippen LogP contribution in [0.15, 0.2) is 48.8 Å². The third kappa shape index (κ3) is 4.37. The quantitative estimate of drug-likeness (QED) is 0.776. The molecular weight excluding hydrogens is 252 g/mol. The van der Waals surface area contributed by atoms with Crippen molar-refractivity contribution in [1.82, 2.24) is 10.3 Å². The van der Waals surface area contributed by atoms with Gasteiger partial charge in [-0.3, -0.25) is 4.98 Å². The highest BCUT2D eigenvalue weighted by Gasteiger charge is 2.01. The van der Waals surface area contributed by atoms with Crippen LogP contribution in [0, 0.1) is 0 Å². The zero-order chi connectivity index (χ0) is 14.2. The molecule has 5 nitrogen and oxygen atoms in total. The molecule has 0 bridgehead atoms. The van der Waals surface area contributed by atoms with Crippen LogP contribution < -0.4 is 16.4 Å². The first-order valence-corrected chi connectivity index (χ1v) is 6.50. The molecule has 2 rings (SSSR count). The number of nitrogens with one attached hydrogen (secondary N) is 2. The van der Waals surface area contributed by atoms with E-state index in [1.807, 2.05) is 36.4 Å². The van der Waals surface area contributed by atoms with Gasteiger partial charge in [0.15, 0.2) is 0 Å². The van der Waals surface area contributed by atoms with E-state index in [0.29, 0.717) is 13.1 Å². The van der Waals surface area contributed by atoms with E-state index < -0.39 is 0 Å². The molecular formula is C15H18N4O. The fraction of sp³-hybridized carbons (Fsp3) is 0.200. The van der Waals surface area contributed by atoms with E-state index in [1.165, 1.54) is 0 Å². The van der Waals surface area contributed by atoms with Gasteiger partial charge in [-0.15, -0.1) is 0 Å². The van der Waals surface area contributed by atoms with Gasteiger partial charge in [0, 0.05) is 31.2 Å². The molecule has 0 saturated heterocycles. The molecule has 2 amide bonds. The Labute approximate surface area is 118 Å². The van der Waals surface area contributed by atoms with Gasteiger partial charge in [0.05, 0.1) is 0 Å². The lowest BCUT2D eigenvalue weighted by atomic mass is 10.2. The molecule has 5 heteroatoms. The number of amides is 2. The zero-order valence-corrected chi connectivity index (χ0v) is 11.2. The third-order valence-electron chi connectivity index (χ3n) is 2.87. The second-order valence-electron chi connectivity index (χ2n) is 4.39. The second kappa shape index (κ2) is 7.25. The van der Waals surface area contributed by atoms with Crippen LogP contribution in [0.4, 0.5) is 10.5 Å². The van der Waals surface area contributed by atoms with Crippen LogP contribution in [-0.4, -0.2) is 17.6 Å². The van der Waals surface area contributed by atoms with Crippen molar-refractivity contribution in [3.63, 3.8) is 0 Å². The molecule has 0 saturated carbocycles. The molecule has 0 aliphatic carbocycles. The maximum Gasteiger partial charge on any atom is 0.319 e. The third-order valence-corrected chi connectivity index (χ3v) is 2.87.